The summed E-state index contributed by atoms with van der Waals surface area (Å²) in [5, 5.41) is 7.66. The summed E-state index contributed by atoms with van der Waals surface area (Å²) in [7, 11) is 0. The Balaban J connectivity index is 1.57. The predicted octanol–water partition coefficient (Wildman–Crippen LogP) is 4.02. The second-order valence-corrected chi connectivity index (χ2v) is 8.66. The summed E-state index contributed by atoms with van der Waals surface area (Å²) in [4.78, 5) is 21.4. The molecular formula is C23H27N5O. The molecule has 150 valence electrons. The van der Waals surface area contributed by atoms with E-state index in [0.717, 1.165) is 24.1 Å². The molecule has 0 unspecified atom stereocenters. The first-order valence-electron chi connectivity index (χ1n) is 10.2. The van der Waals surface area contributed by atoms with Crippen molar-refractivity contribution in [2.45, 2.75) is 58.3 Å². The molecule has 0 radical (unpaired) electrons. The Morgan fingerprint density at radius 3 is 2.52 bits per heavy atom. The number of nitrogens with zero attached hydrogens (tertiary/aromatic N) is 4. The maximum atomic E-state index is 12.8. The second kappa shape index (κ2) is 7.78. The number of fused-ring (bicyclic) bond motifs is 1. The Bertz CT molecular complexity index is 1020. The number of benzene rings is 1. The summed E-state index contributed by atoms with van der Waals surface area (Å²) < 4.78 is 1.60. The van der Waals surface area contributed by atoms with Crippen LogP contribution < -0.4 is 5.32 Å². The number of nitrogens with one attached hydrogen (secondary N) is 1. The topological polar surface area (TPSA) is 72.7 Å². The first-order valence-corrected chi connectivity index (χ1v) is 10.2. The lowest BCUT2D eigenvalue weighted by molar-refractivity contribution is -0.115. The Hall–Kier alpha value is -3.02. The first-order chi connectivity index (χ1) is 13.9. The van der Waals surface area contributed by atoms with Crippen LogP contribution in [0.2, 0.25) is 0 Å². The number of anilines is 1. The molecule has 6 heteroatoms. The minimum Gasteiger partial charge on any atom is -0.310 e. The molecular weight excluding hydrogens is 362 g/mol. The van der Waals surface area contributed by atoms with Gasteiger partial charge in [-0.1, -0.05) is 39.0 Å². The number of amides is 1. The van der Waals surface area contributed by atoms with E-state index in [1.54, 1.807) is 23.1 Å². The Kier molecular flexibility index (Phi) is 5.18. The highest BCUT2D eigenvalue weighted by molar-refractivity contribution is 5.91. The van der Waals surface area contributed by atoms with E-state index in [1.807, 2.05) is 6.07 Å². The number of carbonyl (C=O) groups excluding carboxylic acids is 1. The van der Waals surface area contributed by atoms with Crippen molar-refractivity contribution in [2.24, 2.45) is 0 Å². The molecule has 0 bridgehead atoms. The van der Waals surface area contributed by atoms with Crippen molar-refractivity contribution in [2.75, 3.05) is 5.32 Å². The minimum absolute atomic E-state index is 0.0710. The molecule has 6 nitrogen and oxygen atoms in total. The van der Waals surface area contributed by atoms with Crippen LogP contribution in [0.25, 0.3) is 5.95 Å². The Labute approximate surface area is 171 Å². The number of aromatic nitrogens is 4. The van der Waals surface area contributed by atoms with Crippen LogP contribution in [0.5, 0.6) is 0 Å². The summed E-state index contributed by atoms with van der Waals surface area (Å²) in [5.74, 6) is 0.953. The normalized spacial score (nSPS) is 13.8. The molecule has 2 aromatic heterocycles. The third kappa shape index (κ3) is 4.36. The van der Waals surface area contributed by atoms with Crippen LogP contribution in [0, 0.1) is 0 Å². The van der Waals surface area contributed by atoms with Gasteiger partial charge in [0.1, 0.15) is 5.82 Å². The third-order valence-corrected chi connectivity index (χ3v) is 5.26. The SMILES string of the molecule is CC(C)(C)c1cc(NC(=O)Cc2ccc3c(c2)CCCC3)n(-c2ncccn2)n1. The molecule has 1 amide bonds. The van der Waals surface area contributed by atoms with Crippen LogP contribution in [0.4, 0.5) is 5.82 Å². The minimum atomic E-state index is -0.155. The van der Waals surface area contributed by atoms with Crippen molar-refractivity contribution in [1.29, 1.82) is 0 Å². The van der Waals surface area contributed by atoms with Crippen LogP contribution in [0.15, 0.2) is 42.7 Å². The predicted molar refractivity (Wildman–Crippen MR) is 113 cm³/mol. The van der Waals surface area contributed by atoms with E-state index in [4.69, 9.17) is 0 Å². The molecule has 1 aliphatic rings. The Morgan fingerprint density at radius 2 is 1.79 bits per heavy atom. The number of carbonyl (C=O) groups is 1. The molecule has 0 saturated carbocycles. The lowest BCUT2D eigenvalue weighted by Gasteiger charge is -2.16. The zero-order valence-electron chi connectivity index (χ0n) is 17.3. The van der Waals surface area contributed by atoms with E-state index < -0.39 is 0 Å². The van der Waals surface area contributed by atoms with Gasteiger partial charge in [0.2, 0.25) is 5.91 Å². The summed E-state index contributed by atoms with van der Waals surface area (Å²) in [5.41, 5.74) is 4.57. The zero-order valence-corrected chi connectivity index (χ0v) is 17.3. The highest BCUT2D eigenvalue weighted by Crippen LogP contribution is 2.26. The van der Waals surface area contributed by atoms with Gasteiger partial charge in [-0.15, -0.1) is 0 Å². The van der Waals surface area contributed by atoms with Crippen LogP contribution >= 0.6 is 0 Å². The van der Waals surface area contributed by atoms with Crippen LogP contribution in [-0.4, -0.2) is 25.7 Å². The van der Waals surface area contributed by atoms with Gasteiger partial charge in [0, 0.05) is 23.9 Å². The van der Waals surface area contributed by atoms with Gasteiger partial charge >= 0.3 is 0 Å². The van der Waals surface area contributed by atoms with Crippen molar-refractivity contribution in [3.05, 3.63) is 65.1 Å². The number of hydrogen-bond acceptors (Lipinski definition) is 4. The lowest BCUT2D eigenvalue weighted by atomic mass is 9.90. The van der Waals surface area contributed by atoms with Gasteiger partial charge in [0.15, 0.2) is 0 Å². The maximum Gasteiger partial charge on any atom is 0.252 e. The quantitative estimate of drug-likeness (QED) is 0.731. The van der Waals surface area contributed by atoms with Gasteiger partial charge in [-0.3, -0.25) is 4.79 Å². The summed E-state index contributed by atoms with van der Waals surface area (Å²) in [6.45, 7) is 6.26. The fourth-order valence-electron chi connectivity index (χ4n) is 3.66. The third-order valence-electron chi connectivity index (χ3n) is 5.26. The van der Waals surface area contributed by atoms with E-state index in [1.165, 1.54) is 24.0 Å². The van der Waals surface area contributed by atoms with Gasteiger partial charge in [-0.2, -0.15) is 9.78 Å². The van der Waals surface area contributed by atoms with Crippen LogP contribution in [-0.2, 0) is 29.5 Å². The molecule has 0 saturated heterocycles. The second-order valence-electron chi connectivity index (χ2n) is 8.66. The summed E-state index contributed by atoms with van der Waals surface area (Å²) in [6, 6.07) is 10.1. The van der Waals surface area contributed by atoms with E-state index >= 15 is 0 Å². The van der Waals surface area contributed by atoms with Crippen LogP contribution in [0.1, 0.15) is 56.0 Å². The average molecular weight is 390 g/mol. The number of rotatable bonds is 4. The van der Waals surface area contributed by atoms with Gasteiger partial charge in [-0.05, 0) is 48.4 Å². The van der Waals surface area contributed by atoms with Crippen molar-refractivity contribution < 1.29 is 4.79 Å². The molecule has 1 aromatic carbocycles. The smallest absolute Gasteiger partial charge is 0.252 e. The molecule has 0 aliphatic heterocycles. The first kappa shape index (κ1) is 19.3. The molecule has 0 atom stereocenters. The van der Waals surface area contributed by atoms with Gasteiger partial charge < -0.3 is 5.32 Å². The highest BCUT2D eigenvalue weighted by atomic mass is 16.1. The highest BCUT2D eigenvalue weighted by Gasteiger charge is 2.22. The summed E-state index contributed by atoms with van der Waals surface area (Å²) >= 11 is 0. The van der Waals surface area contributed by atoms with E-state index in [9.17, 15) is 4.79 Å². The molecule has 1 aliphatic carbocycles. The van der Waals surface area contributed by atoms with Crippen molar-refractivity contribution in [1.82, 2.24) is 19.7 Å². The van der Waals surface area contributed by atoms with E-state index in [0.29, 0.717) is 18.2 Å². The standard InChI is InChI=1S/C23H27N5O/c1-23(2,3)19-15-20(28(27-19)22-24-11-6-12-25-22)26-21(29)14-16-9-10-17-7-4-5-8-18(17)13-16/h6,9-13,15H,4-5,7-8,14H2,1-3H3,(H,26,29). The maximum absolute atomic E-state index is 12.8. The van der Waals surface area contributed by atoms with Crippen LogP contribution in [0.3, 0.4) is 0 Å². The molecule has 1 N–H and O–H groups in total. The molecule has 2 heterocycles. The monoisotopic (exact) mass is 389 g/mol. The van der Waals surface area contributed by atoms with Crippen molar-refractivity contribution >= 4 is 11.7 Å². The lowest BCUT2D eigenvalue weighted by Crippen LogP contribution is -2.18. The number of hydrogen-bond donors (Lipinski definition) is 1. The zero-order chi connectivity index (χ0) is 20.4. The largest absolute Gasteiger partial charge is 0.310 e. The Morgan fingerprint density at radius 1 is 1.07 bits per heavy atom. The van der Waals surface area contributed by atoms with Crippen molar-refractivity contribution in [3.8, 4) is 5.95 Å². The fourth-order valence-corrected chi connectivity index (χ4v) is 3.66. The molecule has 29 heavy (non-hydrogen) atoms. The average Bonchev–Trinajstić information content (AvgIpc) is 3.12. The van der Waals surface area contributed by atoms with Gasteiger partial charge in [0.25, 0.3) is 5.95 Å². The summed E-state index contributed by atoms with van der Waals surface area (Å²) in [6.07, 6.45) is 8.41. The molecule has 3 aromatic rings. The fraction of sp³-hybridized carbons (Fsp3) is 0.391. The van der Waals surface area contributed by atoms with E-state index in [-0.39, 0.29) is 11.3 Å². The molecule has 0 fully saturated rings. The molecule has 4 rings (SSSR count). The van der Waals surface area contributed by atoms with Gasteiger partial charge in [-0.25, -0.2) is 9.97 Å². The van der Waals surface area contributed by atoms with Gasteiger partial charge in [0.05, 0.1) is 12.1 Å². The molecule has 0 spiro atoms. The van der Waals surface area contributed by atoms with Crippen molar-refractivity contribution in [3.63, 3.8) is 0 Å². The number of aryl methyl sites for hydroxylation is 2. The van der Waals surface area contributed by atoms with E-state index in [2.05, 4.69) is 59.4 Å².